The number of benzene rings is 3. The van der Waals surface area contributed by atoms with Crippen molar-refractivity contribution in [1.82, 2.24) is 14.5 Å². The quantitative estimate of drug-likeness (QED) is 0.316. The molecule has 1 unspecified atom stereocenters. The first-order chi connectivity index (χ1) is 19.4. The number of aromatic nitrogens is 2. The van der Waals surface area contributed by atoms with Crippen LogP contribution in [0.15, 0.2) is 79.0 Å². The van der Waals surface area contributed by atoms with E-state index in [1.807, 2.05) is 12.1 Å². The highest BCUT2D eigenvalue weighted by atomic mass is 19.1. The minimum Gasteiger partial charge on any atom is -0.497 e. The molecule has 1 fully saturated rings. The Morgan fingerprint density at radius 1 is 1.07 bits per heavy atom. The van der Waals surface area contributed by atoms with Crippen molar-refractivity contribution in [2.75, 3.05) is 32.1 Å². The first-order valence-electron chi connectivity index (χ1n) is 12.9. The molecule has 2 heterocycles. The van der Waals surface area contributed by atoms with Gasteiger partial charge in [-0.3, -0.25) is 19.5 Å². The second kappa shape index (κ2) is 12.1. The molecule has 0 radical (unpaired) electrons. The Morgan fingerprint density at radius 2 is 1.82 bits per heavy atom. The van der Waals surface area contributed by atoms with Gasteiger partial charge in [0.25, 0.3) is 5.91 Å². The maximum absolute atomic E-state index is 14.5. The number of amides is 2. The monoisotopic (exact) mass is 546 g/mol. The van der Waals surface area contributed by atoms with Gasteiger partial charge in [0.2, 0.25) is 11.9 Å². The highest BCUT2D eigenvalue weighted by Gasteiger charge is 2.27. The Kier molecular flexibility index (Phi) is 8.16. The zero-order valence-corrected chi connectivity index (χ0v) is 21.8. The van der Waals surface area contributed by atoms with E-state index in [0.29, 0.717) is 23.7 Å². The Balaban J connectivity index is 1.42. The number of rotatable bonds is 9. The van der Waals surface area contributed by atoms with Gasteiger partial charge in [-0.2, -0.15) is 0 Å². The number of ether oxygens (including phenoxy) is 2. The zero-order chi connectivity index (χ0) is 28.1. The summed E-state index contributed by atoms with van der Waals surface area (Å²) in [5, 5.41) is 2.78. The van der Waals surface area contributed by atoms with Crippen LogP contribution in [0.5, 0.6) is 5.75 Å². The van der Waals surface area contributed by atoms with Gasteiger partial charge in [0.05, 0.1) is 24.5 Å². The van der Waals surface area contributed by atoms with Crippen molar-refractivity contribution in [2.24, 2.45) is 0 Å². The molecule has 0 spiro atoms. The number of anilines is 1. The first kappa shape index (κ1) is 27.0. The molecule has 40 heavy (non-hydrogen) atoms. The number of hydrogen-bond donors (Lipinski definition) is 1. The van der Waals surface area contributed by atoms with E-state index in [4.69, 9.17) is 9.47 Å². The Bertz CT molecular complexity index is 1480. The lowest BCUT2D eigenvalue weighted by atomic mass is 10.1. The summed E-state index contributed by atoms with van der Waals surface area (Å²) < 4.78 is 40.6. The molecule has 1 N–H and O–H groups in total. The highest BCUT2D eigenvalue weighted by molar-refractivity contribution is 5.99. The van der Waals surface area contributed by atoms with Crippen molar-refractivity contribution in [3.63, 3.8) is 0 Å². The second-order valence-corrected chi connectivity index (χ2v) is 9.37. The van der Waals surface area contributed by atoms with Crippen LogP contribution in [0.2, 0.25) is 0 Å². The Labute approximate surface area is 230 Å². The lowest BCUT2D eigenvalue weighted by molar-refractivity contribution is -0.117. The molecular formula is C30H28F2N4O4. The van der Waals surface area contributed by atoms with Gasteiger partial charge in [-0.15, -0.1) is 0 Å². The molecule has 0 aliphatic carbocycles. The third kappa shape index (κ3) is 6.18. The smallest absolute Gasteiger partial charge is 0.257 e. The number of carbonyl (C=O) groups excluding carboxylic acids is 2. The average molecular weight is 547 g/mol. The maximum atomic E-state index is 14.5. The van der Waals surface area contributed by atoms with E-state index in [0.717, 1.165) is 18.4 Å². The van der Waals surface area contributed by atoms with Gasteiger partial charge in [-0.1, -0.05) is 12.1 Å². The van der Waals surface area contributed by atoms with Crippen LogP contribution in [0, 0.1) is 11.6 Å². The third-order valence-electron chi connectivity index (χ3n) is 6.62. The van der Waals surface area contributed by atoms with Crippen molar-refractivity contribution in [3.8, 4) is 22.7 Å². The summed E-state index contributed by atoms with van der Waals surface area (Å²) >= 11 is 0. The van der Waals surface area contributed by atoms with Crippen LogP contribution in [0.3, 0.4) is 0 Å². The second-order valence-electron chi connectivity index (χ2n) is 9.37. The fourth-order valence-corrected chi connectivity index (χ4v) is 4.56. The molecule has 10 heteroatoms. The number of carbonyl (C=O) groups is 2. The normalized spacial score (nSPS) is 14.6. The minimum atomic E-state index is -0.666. The maximum Gasteiger partial charge on any atom is 0.257 e. The fourth-order valence-electron chi connectivity index (χ4n) is 4.56. The summed E-state index contributed by atoms with van der Waals surface area (Å²) in [6.45, 7) is 0.368. The molecule has 8 nitrogen and oxygen atoms in total. The van der Waals surface area contributed by atoms with Crippen LogP contribution in [-0.2, 0) is 9.53 Å². The molecule has 4 aromatic rings. The van der Waals surface area contributed by atoms with Crippen LogP contribution in [-0.4, -0.2) is 59.2 Å². The zero-order valence-electron chi connectivity index (χ0n) is 21.8. The number of halogens is 2. The summed E-state index contributed by atoms with van der Waals surface area (Å²) in [6.07, 6.45) is 3.07. The van der Waals surface area contributed by atoms with Gasteiger partial charge in [-0.25, -0.2) is 13.8 Å². The topological polar surface area (TPSA) is 85.7 Å². The van der Waals surface area contributed by atoms with Crippen molar-refractivity contribution >= 4 is 17.8 Å². The highest BCUT2D eigenvalue weighted by Crippen LogP contribution is 2.26. The number of methoxy groups -OCH3 is 1. The van der Waals surface area contributed by atoms with Crippen LogP contribution in [0.4, 0.5) is 14.7 Å². The van der Waals surface area contributed by atoms with Crippen molar-refractivity contribution in [2.45, 2.75) is 18.9 Å². The molecule has 0 bridgehead atoms. The molecule has 206 valence electrons. The molecule has 3 aromatic carbocycles. The molecule has 2 amide bonds. The van der Waals surface area contributed by atoms with Gasteiger partial charge >= 0.3 is 0 Å². The summed E-state index contributed by atoms with van der Waals surface area (Å²) in [5.74, 6) is -1.34. The van der Waals surface area contributed by atoms with Gasteiger partial charge in [0.1, 0.15) is 23.9 Å². The number of nitrogens with zero attached hydrogens (tertiary/aromatic N) is 3. The lowest BCUT2D eigenvalue weighted by Crippen LogP contribution is -2.42. The predicted molar refractivity (Wildman–Crippen MR) is 145 cm³/mol. The van der Waals surface area contributed by atoms with Crippen LogP contribution in [0.25, 0.3) is 16.9 Å². The van der Waals surface area contributed by atoms with E-state index in [-0.39, 0.29) is 30.7 Å². The standard InChI is InChI=1S/C30H28F2N4O4/c1-39-23-14-8-20(9-15-23)27-18-36(22-12-10-21(31)11-13-22)30(33-27)34-28(37)19-35(17-24-5-4-16-40-24)29(38)25-6-2-3-7-26(25)32/h2-3,6-15,18,24H,4-5,16-17,19H2,1H3,(H,33,34,37). The molecule has 1 aromatic heterocycles. The van der Waals surface area contributed by atoms with E-state index in [9.17, 15) is 18.4 Å². The summed E-state index contributed by atoms with van der Waals surface area (Å²) in [6, 6.07) is 18.7. The summed E-state index contributed by atoms with van der Waals surface area (Å²) in [4.78, 5) is 32.5. The van der Waals surface area contributed by atoms with Gasteiger partial charge in [0, 0.05) is 30.6 Å². The van der Waals surface area contributed by atoms with Crippen LogP contribution in [0.1, 0.15) is 23.2 Å². The van der Waals surface area contributed by atoms with E-state index in [2.05, 4.69) is 10.3 Å². The largest absolute Gasteiger partial charge is 0.497 e. The molecular weight excluding hydrogens is 518 g/mol. The Morgan fingerprint density at radius 3 is 2.50 bits per heavy atom. The minimum absolute atomic E-state index is 0.122. The SMILES string of the molecule is COc1ccc(-c2cn(-c3ccc(F)cc3)c(NC(=O)CN(CC3CCCO3)C(=O)c3ccccc3F)n2)cc1. The van der Waals surface area contributed by atoms with Gasteiger partial charge < -0.3 is 14.4 Å². The predicted octanol–water partition coefficient (Wildman–Crippen LogP) is 5.09. The van der Waals surface area contributed by atoms with Crippen LogP contribution < -0.4 is 10.1 Å². The molecule has 5 rings (SSSR count). The third-order valence-corrected chi connectivity index (χ3v) is 6.62. The lowest BCUT2D eigenvalue weighted by Gasteiger charge is -2.25. The van der Waals surface area contributed by atoms with Crippen molar-refractivity contribution in [1.29, 1.82) is 0 Å². The molecule has 1 aliphatic heterocycles. The fraction of sp³-hybridized carbons (Fsp3) is 0.233. The Hall–Kier alpha value is -4.57. The average Bonchev–Trinajstić information content (AvgIpc) is 3.63. The molecule has 0 saturated carbocycles. The van der Waals surface area contributed by atoms with Gasteiger partial charge in [0.15, 0.2) is 0 Å². The van der Waals surface area contributed by atoms with E-state index in [1.165, 1.54) is 35.2 Å². The van der Waals surface area contributed by atoms with E-state index in [1.54, 1.807) is 48.2 Å². The first-order valence-corrected chi connectivity index (χ1v) is 12.9. The summed E-state index contributed by atoms with van der Waals surface area (Å²) in [7, 11) is 1.57. The number of imidazole rings is 1. The number of nitrogens with one attached hydrogen (secondary N) is 1. The molecule has 1 atom stereocenters. The molecule has 1 saturated heterocycles. The van der Waals surface area contributed by atoms with E-state index < -0.39 is 23.4 Å². The summed E-state index contributed by atoms with van der Waals surface area (Å²) in [5.41, 5.74) is 1.78. The van der Waals surface area contributed by atoms with Gasteiger partial charge in [-0.05, 0) is 73.5 Å². The molecule has 1 aliphatic rings. The van der Waals surface area contributed by atoms with Crippen molar-refractivity contribution < 1.29 is 27.8 Å². The number of hydrogen-bond acceptors (Lipinski definition) is 5. The van der Waals surface area contributed by atoms with Crippen LogP contribution >= 0.6 is 0 Å². The van der Waals surface area contributed by atoms with E-state index >= 15 is 0 Å². The van der Waals surface area contributed by atoms with Crippen molar-refractivity contribution in [3.05, 3.63) is 96.2 Å².